The molecule has 0 aliphatic carbocycles. The molecule has 0 aliphatic rings. The lowest BCUT2D eigenvalue weighted by atomic mass is 10.1. The van der Waals surface area contributed by atoms with Crippen LogP contribution >= 0.6 is 0 Å². The van der Waals surface area contributed by atoms with Gasteiger partial charge in [-0.25, -0.2) is 0 Å². The van der Waals surface area contributed by atoms with Crippen molar-refractivity contribution in [2.24, 2.45) is 0 Å². The zero-order valence-corrected chi connectivity index (χ0v) is 9.35. The first-order chi connectivity index (χ1) is 8.38. The summed E-state index contributed by atoms with van der Waals surface area (Å²) in [4.78, 5) is 7.70. The van der Waals surface area contributed by atoms with Crippen LogP contribution in [0.4, 0.5) is 0 Å². The van der Waals surface area contributed by atoms with Gasteiger partial charge in [0.15, 0.2) is 0 Å². The molecule has 0 saturated heterocycles. The maximum absolute atomic E-state index is 4.31. The number of aromatic nitrogens is 2. The molecule has 2 nitrogen and oxygen atoms in total. The molecule has 1 N–H and O–H groups in total. The standard InChI is InChI=1S/C15H12N2/c1-2-13-12(7-5-9-16-13)15-10-11-6-3-4-8-14(11)17-15/h2-10,17H,1H2. The highest BCUT2D eigenvalue weighted by Crippen LogP contribution is 2.26. The molecule has 1 aromatic carbocycles. The van der Waals surface area contributed by atoms with Crippen molar-refractivity contribution in [3.63, 3.8) is 0 Å². The summed E-state index contributed by atoms with van der Waals surface area (Å²) in [6.07, 6.45) is 3.56. The second kappa shape index (κ2) is 3.91. The van der Waals surface area contributed by atoms with Gasteiger partial charge in [0.25, 0.3) is 0 Å². The lowest BCUT2D eigenvalue weighted by molar-refractivity contribution is 1.28. The molecule has 0 fully saturated rings. The smallest absolute Gasteiger partial charge is 0.0716 e. The zero-order chi connectivity index (χ0) is 11.7. The molecule has 2 aromatic heterocycles. The second-order valence-corrected chi connectivity index (χ2v) is 3.91. The molecule has 2 heterocycles. The molecular weight excluding hydrogens is 208 g/mol. The third-order valence-corrected chi connectivity index (χ3v) is 2.85. The summed E-state index contributed by atoms with van der Waals surface area (Å²) in [5, 5.41) is 1.21. The molecule has 2 heteroatoms. The van der Waals surface area contributed by atoms with Gasteiger partial charge in [0.05, 0.1) is 5.69 Å². The fraction of sp³-hybridized carbons (Fsp3) is 0. The quantitative estimate of drug-likeness (QED) is 0.697. The highest BCUT2D eigenvalue weighted by Gasteiger charge is 2.06. The summed E-state index contributed by atoms with van der Waals surface area (Å²) in [7, 11) is 0. The van der Waals surface area contributed by atoms with Gasteiger partial charge in [-0.15, -0.1) is 0 Å². The monoisotopic (exact) mass is 220 g/mol. The Morgan fingerprint density at radius 1 is 1.12 bits per heavy atom. The molecule has 3 rings (SSSR count). The number of hydrogen-bond donors (Lipinski definition) is 1. The van der Waals surface area contributed by atoms with E-state index in [1.807, 2.05) is 18.2 Å². The molecular formula is C15H12N2. The van der Waals surface area contributed by atoms with Crippen molar-refractivity contribution in [1.82, 2.24) is 9.97 Å². The topological polar surface area (TPSA) is 28.7 Å². The van der Waals surface area contributed by atoms with Crippen molar-refractivity contribution in [3.8, 4) is 11.3 Å². The summed E-state index contributed by atoms with van der Waals surface area (Å²) in [5.74, 6) is 0. The van der Waals surface area contributed by atoms with Crippen molar-refractivity contribution in [1.29, 1.82) is 0 Å². The molecule has 0 aliphatic heterocycles. The maximum Gasteiger partial charge on any atom is 0.0716 e. The zero-order valence-electron chi connectivity index (χ0n) is 9.35. The first-order valence-electron chi connectivity index (χ1n) is 5.54. The molecule has 0 bridgehead atoms. The first-order valence-corrected chi connectivity index (χ1v) is 5.54. The van der Waals surface area contributed by atoms with E-state index in [4.69, 9.17) is 0 Å². The van der Waals surface area contributed by atoms with Crippen LogP contribution < -0.4 is 0 Å². The Balaban J connectivity index is 2.23. The van der Waals surface area contributed by atoms with Crippen LogP contribution in [0.5, 0.6) is 0 Å². The van der Waals surface area contributed by atoms with Crippen LogP contribution in [-0.2, 0) is 0 Å². The van der Waals surface area contributed by atoms with E-state index in [0.717, 1.165) is 22.5 Å². The van der Waals surface area contributed by atoms with Gasteiger partial charge < -0.3 is 4.98 Å². The van der Waals surface area contributed by atoms with Gasteiger partial charge in [-0.05, 0) is 30.3 Å². The van der Waals surface area contributed by atoms with Crippen molar-refractivity contribution in [2.45, 2.75) is 0 Å². The van der Waals surface area contributed by atoms with Gasteiger partial charge in [0.1, 0.15) is 0 Å². The fourth-order valence-electron chi connectivity index (χ4n) is 2.03. The number of nitrogens with one attached hydrogen (secondary N) is 1. The van der Waals surface area contributed by atoms with Crippen LogP contribution in [0.25, 0.3) is 28.2 Å². The van der Waals surface area contributed by atoms with Crippen LogP contribution in [0.2, 0.25) is 0 Å². The highest BCUT2D eigenvalue weighted by atomic mass is 14.7. The Morgan fingerprint density at radius 3 is 2.82 bits per heavy atom. The normalized spacial score (nSPS) is 10.6. The Hall–Kier alpha value is -2.35. The SMILES string of the molecule is C=Cc1ncccc1-c1cc2ccccc2[nH]1. The van der Waals surface area contributed by atoms with E-state index in [-0.39, 0.29) is 0 Å². The Bertz CT molecular complexity index is 647. The Labute approximate surface area is 99.6 Å². The largest absolute Gasteiger partial charge is 0.354 e. The van der Waals surface area contributed by atoms with Crippen LogP contribution in [0.15, 0.2) is 55.2 Å². The number of benzene rings is 1. The number of H-pyrrole nitrogens is 1. The van der Waals surface area contributed by atoms with Gasteiger partial charge >= 0.3 is 0 Å². The number of rotatable bonds is 2. The van der Waals surface area contributed by atoms with Crippen LogP contribution in [0.1, 0.15) is 5.69 Å². The lowest BCUT2D eigenvalue weighted by Crippen LogP contribution is -1.86. The summed E-state index contributed by atoms with van der Waals surface area (Å²) in [5.41, 5.74) is 4.20. The van der Waals surface area contributed by atoms with Gasteiger partial charge in [-0.2, -0.15) is 0 Å². The van der Waals surface area contributed by atoms with E-state index in [1.165, 1.54) is 5.39 Å². The van der Waals surface area contributed by atoms with Gasteiger partial charge in [-0.3, -0.25) is 4.98 Å². The van der Waals surface area contributed by atoms with E-state index >= 15 is 0 Å². The molecule has 82 valence electrons. The maximum atomic E-state index is 4.31. The molecule has 17 heavy (non-hydrogen) atoms. The second-order valence-electron chi connectivity index (χ2n) is 3.91. The van der Waals surface area contributed by atoms with E-state index < -0.39 is 0 Å². The summed E-state index contributed by atoms with van der Waals surface area (Å²) >= 11 is 0. The van der Waals surface area contributed by atoms with E-state index in [0.29, 0.717) is 0 Å². The lowest BCUT2D eigenvalue weighted by Gasteiger charge is -2.01. The molecule has 3 aromatic rings. The number of hydrogen-bond acceptors (Lipinski definition) is 1. The highest BCUT2D eigenvalue weighted by molar-refractivity contribution is 5.87. The molecule has 0 radical (unpaired) electrons. The molecule has 0 spiro atoms. The number of aromatic amines is 1. The predicted molar refractivity (Wildman–Crippen MR) is 71.6 cm³/mol. The minimum atomic E-state index is 0.902. The first kappa shape index (κ1) is 9.85. The summed E-state index contributed by atoms with van der Waals surface area (Å²) < 4.78 is 0. The predicted octanol–water partition coefficient (Wildman–Crippen LogP) is 3.87. The Morgan fingerprint density at radius 2 is 2.00 bits per heavy atom. The Kier molecular flexibility index (Phi) is 2.26. The fourth-order valence-corrected chi connectivity index (χ4v) is 2.03. The summed E-state index contributed by atoms with van der Waals surface area (Å²) in [6.45, 7) is 3.79. The van der Waals surface area contributed by atoms with E-state index in [1.54, 1.807) is 12.3 Å². The number of para-hydroxylation sites is 1. The average Bonchev–Trinajstić information content (AvgIpc) is 2.82. The van der Waals surface area contributed by atoms with Crippen LogP contribution in [-0.4, -0.2) is 9.97 Å². The van der Waals surface area contributed by atoms with Gasteiger partial charge in [0.2, 0.25) is 0 Å². The van der Waals surface area contributed by atoms with Crippen LogP contribution in [0.3, 0.4) is 0 Å². The van der Waals surface area contributed by atoms with Crippen LogP contribution in [0, 0.1) is 0 Å². The minimum absolute atomic E-state index is 0.902. The van der Waals surface area contributed by atoms with Crippen molar-refractivity contribution < 1.29 is 0 Å². The van der Waals surface area contributed by atoms with Crippen molar-refractivity contribution >= 4 is 17.0 Å². The molecule has 0 amide bonds. The molecule has 0 unspecified atom stereocenters. The van der Waals surface area contributed by atoms with Gasteiger partial charge in [-0.1, -0.05) is 24.8 Å². The minimum Gasteiger partial charge on any atom is -0.354 e. The third-order valence-electron chi connectivity index (χ3n) is 2.85. The number of pyridine rings is 1. The van der Waals surface area contributed by atoms with Crippen molar-refractivity contribution in [2.75, 3.05) is 0 Å². The van der Waals surface area contributed by atoms with Gasteiger partial charge in [0, 0.05) is 28.4 Å². The van der Waals surface area contributed by atoms with E-state index in [2.05, 4.69) is 40.8 Å². The van der Waals surface area contributed by atoms with E-state index in [9.17, 15) is 0 Å². The summed E-state index contributed by atoms with van der Waals surface area (Å²) in [6, 6.07) is 14.4. The number of nitrogens with zero attached hydrogens (tertiary/aromatic N) is 1. The third kappa shape index (κ3) is 1.64. The average molecular weight is 220 g/mol. The molecule has 0 atom stereocenters. The molecule has 0 saturated carbocycles. The number of fused-ring (bicyclic) bond motifs is 1. The van der Waals surface area contributed by atoms with Crippen molar-refractivity contribution in [3.05, 3.63) is 60.9 Å².